The van der Waals surface area contributed by atoms with Crippen LogP contribution in [0.5, 0.6) is 0 Å². The van der Waals surface area contributed by atoms with E-state index in [4.69, 9.17) is 4.74 Å². The molecule has 0 aliphatic carbocycles. The number of halogens is 1. The number of carbonyl (C=O) groups is 3. The highest BCUT2D eigenvalue weighted by Gasteiger charge is 2.20. The number of amides is 1. The molecule has 0 spiro atoms. The van der Waals surface area contributed by atoms with Crippen LogP contribution in [-0.4, -0.2) is 23.8 Å². The van der Waals surface area contributed by atoms with Crippen LogP contribution in [0.4, 0.5) is 10.1 Å². The van der Waals surface area contributed by atoms with E-state index in [2.05, 4.69) is 5.32 Å². The van der Waals surface area contributed by atoms with Gasteiger partial charge in [-0.1, -0.05) is 18.2 Å². The van der Waals surface area contributed by atoms with E-state index in [0.717, 1.165) is 6.07 Å². The Bertz CT molecular complexity index is 832. The summed E-state index contributed by atoms with van der Waals surface area (Å²) < 4.78 is 18.6. The number of ether oxygens (including phenoxy) is 1. The molecule has 0 fully saturated rings. The standard InChI is InChI=1S/C19H18FNO4/c1-11-7-8-15(10-17(11)20)19(24)25-13(3)18(23)21-16-6-4-5-14(9-16)12(2)22/h4-10,13H,1-3H3,(H,21,23)/t13-/m1/s1. The molecule has 0 saturated heterocycles. The lowest BCUT2D eigenvalue weighted by atomic mass is 10.1. The zero-order valence-electron chi connectivity index (χ0n) is 14.1. The Morgan fingerprint density at radius 3 is 2.44 bits per heavy atom. The van der Waals surface area contributed by atoms with Crippen LogP contribution in [0.25, 0.3) is 0 Å². The van der Waals surface area contributed by atoms with Gasteiger partial charge in [-0.3, -0.25) is 9.59 Å². The largest absolute Gasteiger partial charge is 0.449 e. The number of aryl methyl sites for hydroxylation is 1. The molecule has 0 aromatic heterocycles. The molecule has 0 aliphatic rings. The van der Waals surface area contributed by atoms with Crippen molar-refractivity contribution in [3.05, 3.63) is 65.0 Å². The third kappa shape index (κ3) is 4.73. The topological polar surface area (TPSA) is 72.5 Å². The number of esters is 1. The van der Waals surface area contributed by atoms with E-state index in [9.17, 15) is 18.8 Å². The second kappa shape index (κ2) is 7.70. The lowest BCUT2D eigenvalue weighted by Crippen LogP contribution is -2.30. The minimum Gasteiger partial charge on any atom is -0.449 e. The summed E-state index contributed by atoms with van der Waals surface area (Å²) >= 11 is 0. The van der Waals surface area contributed by atoms with Gasteiger partial charge < -0.3 is 10.1 Å². The Hall–Kier alpha value is -3.02. The molecule has 1 atom stereocenters. The van der Waals surface area contributed by atoms with E-state index >= 15 is 0 Å². The smallest absolute Gasteiger partial charge is 0.339 e. The molecule has 2 aromatic carbocycles. The first-order valence-electron chi connectivity index (χ1n) is 7.67. The highest BCUT2D eigenvalue weighted by atomic mass is 19.1. The number of nitrogens with one attached hydrogen (secondary N) is 1. The van der Waals surface area contributed by atoms with Gasteiger partial charge in [0.25, 0.3) is 5.91 Å². The molecule has 0 radical (unpaired) electrons. The number of Topliss-reactive ketones (excluding diaryl/α,β-unsaturated/α-hetero) is 1. The number of ketones is 1. The van der Waals surface area contributed by atoms with Gasteiger partial charge in [0.05, 0.1) is 5.56 Å². The Labute approximate surface area is 144 Å². The van der Waals surface area contributed by atoms with Crippen molar-refractivity contribution < 1.29 is 23.5 Å². The molecule has 1 amide bonds. The van der Waals surface area contributed by atoms with Crippen LogP contribution in [-0.2, 0) is 9.53 Å². The first-order valence-corrected chi connectivity index (χ1v) is 7.67. The fourth-order valence-electron chi connectivity index (χ4n) is 2.06. The average Bonchev–Trinajstić information content (AvgIpc) is 2.57. The highest BCUT2D eigenvalue weighted by molar-refractivity contribution is 5.99. The van der Waals surface area contributed by atoms with E-state index in [-0.39, 0.29) is 11.3 Å². The Morgan fingerprint density at radius 2 is 1.80 bits per heavy atom. The molecule has 5 nitrogen and oxygen atoms in total. The van der Waals surface area contributed by atoms with Crippen LogP contribution in [0.15, 0.2) is 42.5 Å². The molecular formula is C19H18FNO4. The van der Waals surface area contributed by atoms with Crippen molar-refractivity contribution in [3.63, 3.8) is 0 Å². The quantitative estimate of drug-likeness (QED) is 0.666. The summed E-state index contributed by atoms with van der Waals surface area (Å²) in [4.78, 5) is 35.5. The molecule has 0 bridgehead atoms. The van der Waals surface area contributed by atoms with Gasteiger partial charge in [-0.05, 0) is 50.6 Å². The maximum absolute atomic E-state index is 13.5. The van der Waals surface area contributed by atoms with Gasteiger partial charge in [0, 0.05) is 11.3 Å². The zero-order chi connectivity index (χ0) is 18.6. The summed E-state index contributed by atoms with van der Waals surface area (Å²) in [5, 5.41) is 2.57. The molecule has 0 unspecified atom stereocenters. The number of anilines is 1. The van der Waals surface area contributed by atoms with Crippen molar-refractivity contribution in [1.82, 2.24) is 0 Å². The van der Waals surface area contributed by atoms with E-state index in [1.807, 2.05) is 0 Å². The van der Waals surface area contributed by atoms with Crippen LogP contribution < -0.4 is 5.32 Å². The lowest BCUT2D eigenvalue weighted by molar-refractivity contribution is -0.123. The third-order valence-corrected chi connectivity index (χ3v) is 3.60. The summed E-state index contributed by atoms with van der Waals surface area (Å²) in [6.07, 6.45) is -1.09. The first-order chi connectivity index (χ1) is 11.8. The third-order valence-electron chi connectivity index (χ3n) is 3.60. The van der Waals surface area contributed by atoms with Gasteiger partial charge >= 0.3 is 5.97 Å². The van der Waals surface area contributed by atoms with Crippen LogP contribution >= 0.6 is 0 Å². The van der Waals surface area contributed by atoms with Crippen molar-refractivity contribution in [2.45, 2.75) is 26.9 Å². The summed E-state index contributed by atoms with van der Waals surface area (Å²) in [6, 6.07) is 10.4. The normalized spacial score (nSPS) is 11.5. The van der Waals surface area contributed by atoms with Gasteiger partial charge in [-0.15, -0.1) is 0 Å². The fraction of sp³-hybridized carbons (Fsp3) is 0.211. The number of rotatable bonds is 5. The zero-order valence-corrected chi connectivity index (χ0v) is 14.1. The Kier molecular flexibility index (Phi) is 5.64. The molecule has 1 N–H and O–H groups in total. The molecule has 25 heavy (non-hydrogen) atoms. The van der Waals surface area contributed by atoms with Crippen molar-refractivity contribution >= 4 is 23.3 Å². The molecule has 0 saturated carbocycles. The second-order valence-electron chi connectivity index (χ2n) is 5.64. The predicted molar refractivity (Wildman–Crippen MR) is 91.1 cm³/mol. The summed E-state index contributed by atoms with van der Waals surface area (Å²) in [5.41, 5.74) is 1.31. The fourth-order valence-corrected chi connectivity index (χ4v) is 2.06. The van der Waals surface area contributed by atoms with Crippen LogP contribution in [0.3, 0.4) is 0 Å². The first kappa shape index (κ1) is 18.3. The monoisotopic (exact) mass is 343 g/mol. The number of benzene rings is 2. The van der Waals surface area contributed by atoms with Crippen LogP contribution in [0.2, 0.25) is 0 Å². The van der Waals surface area contributed by atoms with Gasteiger partial charge in [-0.2, -0.15) is 0 Å². The lowest BCUT2D eigenvalue weighted by Gasteiger charge is -2.14. The molecule has 0 aliphatic heterocycles. The SMILES string of the molecule is CC(=O)c1cccc(NC(=O)[C@@H](C)OC(=O)c2ccc(C)c(F)c2)c1. The summed E-state index contributed by atoms with van der Waals surface area (Å²) in [7, 11) is 0. The maximum atomic E-state index is 13.5. The molecule has 2 aromatic rings. The number of carbonyl (C=O) groups excluding carboxylic acids is 3. The predicted octanol–water partition coefficient (Wildman–Crippen LogP) is 3.52. The molecular weight excluding hydrogens is 325 g/mol. The van der Waals surface area contributed by atoms with Crippen LogP contribution in [0.1, 0.15) is 40.1 Å². The van der Waals surface area contributed by atoms with Gasteiger partial charge in [0.2, 0.25) is 0 Å². The number of hydrogen-bond acceptors (Lipinski definition) is 4. The Balaban J connectivity index is 2.02. The highest BCUT2D eigenvalue weighted by Crippen LogP contribution is 2.14. The van der Waals surface area contributed by atoms with E-state index < -0.39 is 23.8 Å². The van der Waals surface area contributed by atoms with Crippen molar-refractivity contribution in [3.8, 4) is 0 Å². The molecule has 0 heterocycles. The van der Waals surface area contributed by atoms with Gasteiger partial charge in [-0.25, -0.2) is 9.18 Å². The number of hydrogen-bond donors (Lipinski definition) is 1. The summed E-state index contributed by atoms with van der Waals surface area (Å²) in [5.74, 6) is -2.00. The molecule has 6 heteroatoms. The van der Waals surface area contributed by atoms with E-state index in [1.54, 1.807) is 25.1 Å². The van der Waals surface area contributed by atoms with Gasteiger partial charge in [0.15, 0.2) is 11.9 Å². The Morgan fingerprint density at radius 1 is 1.08 bits per heavy atom. The minimum atomic E-state index is -1.09. The van der Waals surface area contributed by atoms with Crippen LogP contribution in [0, 0.1) is 12.7 Å². The summed E-state index contributed by atoms with van der Waals surface area (Å²) in [6.45, 7) is 4.41. The molecule has 2 rings (SSSR count). The second-order valence-corrected chi connectivity index (χ2v) is 5.64. The van der Waals surface area contributed by atoms with E-state index in [0.29, 0.717) is 16.8 Å². The average molecular weight is 343 g/mol. The van der Waals surface area contributed by atoms with Gasteiger partial charge in [0.1, 0.15) is 5.82 Å². The van der Waals surface area contributed by atoms with Crippen molar-refractivity contribution in [1.29, 1.82) is 0 Å². The maximum Gasteiger partial charge on any atom is 0.339 e. The van der Waals surface area contributed by atoms with Crippen molar-refractivity contribution in [2.75, 3.05) is 5.32 Å². The van der Waals surface area contributed by atoms with E-state index in [1.165, 1.54) is 32.0 Å². The van der Waals surface area contributed by atoms with Crippen molar-refractivity contribution in [2.24, 2.45) is 0 Å². The minimum absolute atomic E-state index is 0.0290. The molecule has 130 valence electrons.